The van der Waals surface area contributed by atoms with Crippen LogP contribution in [0.1, 0.15) is 23.9 Å². The minimum absolute atomic E-state index is 0.104. The van der Waals surface area contributed by atoms with E-state index in [4.69, 9.17) is 17.3 Å². The zero-order valence-corrected chi connectivity index (χ0v) is 11.7. The van der Waals surface area contributed by atoms with Crippen molar-refractivity contribution in [2.45, 2.75) is 33.2 Å². The van der Waals surface area contributed by atoms with Crippen LogP contribution in [0.2, 0.25) is 5.02 Å². The zero-order chi connectivity index (χ0) is 13.3. The molecule has 1 unspecified atom stereocenters. The highest BCUT2D eigenvalue weighted by Crippen LogP contribution is 2.27. The molecule has 0 saturated carbocycles. The van der Waals surface area contributed by atoms with Crippen LogP contribution in [0.5, 0.6) is 0 Å². The summed E-state index contributed by atoms with van der Waals surface area (Å²) in [7, 11) is 0. The van der Waals surface area contributed by atoms with Gasteiger partial charge in [0.25, 0.3) is 0 Å². The standard InChI is InChI=1S/C14H18ClN3/c1-9(16)7-12-5-4-6-13(15)14(12)18-8-17-10(2)11(18)3/h4-6,8-9H,7,16H2,1-3H3. The van der Waals surface area contributed by atoms with Crippen LogP contribution in [-0.2, 0) is 6.42 Å². The summed E-state index contributed by atoms with van der Waals surface area (Å²) in [6, 6.07) is 6.03. The van der Waals surface area contributed by atoms with Crippen molar-refractivity contribution in [3.05, 3.63) is 46.5 Å². The molecule has 1 heterocycles. The van der Waals surface area contributed by atoms with E-state index in [9.17, 15) is 0 Å². The summed E-state index contributed by atoms with van der Waals surface area (Å²) in [4.78, 5) is 4.33. The second-order valence-electron chi connectivity index (χ2n) is 4.71. The zero-order valence-electron chi connectivity index (χ0n) is 10.9. The molecule has 0 radical (unpaired) electrons. The number of aryl methyl sites for hydroxylation is 1. The second-order valence-corrected chi connectivity index (χ2v) is 5.12. The minimum atomic E-state index is 0.104. The van der Waals surface area contributed by atoms with E-state index in [-0.39, 0.29) is 6.04 Å². The molecule has 1 aromatic heterocycles. The quantitative estimate of drug-likeness (QED) is 0.925. The van der Waals surface area contributed by atoms with E-state index in [2.05, 4.69) is 11.1 Å². The van der Waals surface area contributed by atoms with Crippen LogP contribution < -0.4 is 5.73 Å². The van der Waals surface area contributed by atoms with Crippen LogP contribution in [0.15, 0.2) is 24.5 Å². The Balaban J connectivity index is 2.58. The maximum atomic E-state index is 6.34. The van der Waals surface area contributed by atoms with Gasteiger partial charge in [0.2, 0.25) is 0 Å². The molecule has 96 valence electrons. The molecule has 0 aliphatic rings. The Morgan fingerprint density at radius 2 is 2.11 bits per heavy atom. The average Bonchev–Trinajstić information content (AvgIpc) is 2.60. The molecule has 0 bridgehead atoms. The molecule has 3 nitrogen and oxygen atoms in total. The first-order valence-electron chi connectivity index (χ1n) is 6.04. The summed E-state index contributed by atoms with van der Waals surface area (Å²) in [6.45, 7) is 6.03. The number of nitrogens with two attached hydrogens (primary N) is 1. The number of benzene rings is 1. The number of hydrogen-bond acceptors (Lipinski definition) is 2. The van der Waals surface area contributed by atoms with Gasteiger partial charge in [-0.3, -0.25) is 0 Å². The summed E-state index contributed by atoms with van der Waals surface area (Å²) in [5, 5.41) is 0.730. The van der Waals surface area contributed by atoms with Gasteiger partial charge in [0.1, 0.15) is 0 Å². The smallest absolute Gasteiger partial charge is 0.0997 e. The first kappa shape index (κ1) is 13.1. The Hall–Kier alpha value is -1.32. The van der Waals surface area contributed by atoms with Gasteiger partial charge in [0.15, 0.2) is 0 Å². The van der Waals surface area contributed by atoms with Crippen molar-refractivity contribution in [3.8, 4) is 5.69 Å². The van der Waals surface area contributed by atoms with Crippen LogP contribution in [0.25, 0.3) is 5.69 Å². The first-order valence-corrected chi connectivity index (χ1v) is 6.42. The molecule has 0 spiro atoms. The fourth-order valence-electron chi connectivity index (χ4n) is 2.07. The SMILES string of the molecule is Cc1ncn(-c2c(Cl)cccc2CC(C)N)c1C. The summed E-state index contributed by atoms with van der Waals surface area (Å²) in [6.07, 6.45) is 2.61. The van der Waals surface area contributed by atoms with Crippen molar-refractivity contribution < 1.29 is 0 Å². The molecular weight excluding hydrogens is 246 g/mol. The van der Waals surface area contributed by atoms with Crippen LogP contribution in [0.4, 0.5) is 0 Å². The molecule has 18 heavy (non-hydrogen) atoms. The van der Waals surface area contributed by atoms with E-state index >= 15 is 0 Å². The maximum absolute atomic E-state index is 6.34. The Morgan fingerprint density at radius 1 is 1.39 bits per heavy atom. The number of rotatable bonds is 3. The van der Waals surface area contributed by atoms with Gasteiger partial charge in [-0.25, -0.2) is 4.98 Å². The first-order chi connectivity index (χ1) is 8.50. The van der Waals surface area contributed by atoms with Gasteiger partial charge in [0.05, 0.1) is 22.7 Å². The van der Waals surface area contributed by atoms with Gasteiger partial charge in [-0.1, -0.05) is 23.7 Å². The largest absolute Gasteiger partial charge is 0.328 e. The topological polar surface area (TPSA) is 43.8 Å². The lowest BCUT2D eigenvalue weighted by molar-refractivity contribution is 0.732. The number of para-hydroxylation sites is 1. The molecule has 2 rings (SSSR count). The van der Waals surface area contributed by atoms with Crippen LogP contribution in [0.3, 0.4) is 0 Å². The highest BCUT2D eigenvalue weighted by molar-refractivity contribution is 6.32. The number of halogens is 1. The monoisotopic (exact) mass is 263 g/mol. The molecule has 0 aliphatic carbocycles. The summed E-state index contributed by atoms with van der Waals surface area (Å²) in [5.74, 6) is 0. The van der Waals surface area contributed by atoms with E-state index < -0.39 is 0 Å². The molecule has 1 aromatic carbocycles. The lowest BCUT2D eigenvalue weighted by atomic mass is 10.1. The van der Waals surface area contributed by atoms with Gasteiger partial charge >= 0.3 is 0 Å². The molecule has 2 N–H and O–H groups in total. The maximum Gasteiger partial charge on any atom is 0.0997 e. The Bertz CT molecular complexity index is 558. The molecule has 2 aromatic rings. The molecule has 0 amide bonds. The molecule has 1 atom stereocenters. The normalized spacial score (nSPS) is 12.7. The number of hydrogen-bond donors (Lipinski definition) is 1. The molecule has 4 heteroatoms. The van der Waals surface area contributed by atoms with E-state index in [0.717, 1.165) is 34.1 Å². The average molecular weight is 264 g/mol. The van der Waals surface area contributed by atoms with E-state index in [1.165, 1.54) is 0 Å². The predicted molar refractivity (Wildman–Crippen MR) is 75.4 cm³/mol. The third-order valence-electron chi connectivity index (χ3n) is 3.10. The highest BCUT2D eigenvalue weighted by Gasteiger charge is 2.13. The third-order valence-corrected chi connectivity index (χ3v) is 3.41. The molecule has 0 fully saturated rings. The molecule has 0 aliphatic heterocycles. The van der Waals surface area contributed by atoms with Gasteiger partial charge in [-0.15, -0.1) is 0 Å². The Morgan fingerprint density at radius 3 is 2.67 bits per heavy atom. The number of nitrogens with zero attached hydrogens (tertiary/aromatic N) is 2. The van der Waals surface area contributed by atoms with Crippen molar-refractivity contribution >= 4 is 11.6 Å². The number of imidazole rings is 1. The fourth-order valence-corrected chi connectivity index (χ4v) is 2.35. The van der Waals surface area contributed by atoms with Crippen LogP contribution in [-0.4, -0.2) is 15.6 Å². The highest BCUT2D eigenvalue weighted by atomic mass is 35.5. The van der Waals surface area contributed by atoms with Gasteiger partial charge in [0, 0.05) is 11.7 Å². The van der Waals surface area contributed by atoms with Crippen LogP contribution >= 0.6 is 11.6 Å². The molecule has 0 saturated heterocycles. The van der Waals surface area contributed by atoms with Crippen LogP contribution in [0, 0.1) is 13.8 Å². The lowest BCUT2D eigenvalue weighted by Crippen LogP contribution is -2.19. The van der Waals surface area contributed by atoms with Gasteiger partial charge in [-0.05, 0) is 38.8 Å². The van der Waals surface area contributed by atoms with Gasteiger partial charge < -0.3 is 10.3 Å². The Labute approximate surface area is 113 Å². The fraction of sp³-hybridized carbons (Fsp3) is 0.357. The second kappa shape index (κ2) is 5.12. The number of aromatic nitrogens is 2. The minimum Gasteiger partial charge on any atom is -0.328 e. The summed E-state index contributed by atoms with van der Waals surface area (Å²) >= 11 is 6.34. The third kappa shape index (κ3) is 2.42. The summed E-state index contributed by atoms with van der Waals surface area (Å²) in [5.41, 5.74) is 10.2. The van der Waals surface area contributed by atoms with E-state index in [1.54, 1.807) is 0 Å². The van der Waals surface area contributed by atoms with Crippen molar-refractivity contribution in [1.29, 1.82) is 0 Å². The lowest BCUT2D eigenvalue weighted by Gasteiger charge is -2.15. The van der Waals surface area contributed by atoms with Crippen molar-refractivity contribution in [1.82, 2.24) is 9.55 Å². The van der Waals surface area contributed by atoms with E-state index in [1.807, 2.05) is 43.8 Å². The van der Waals surface area contributed by atoms with Crippen molar-refractivity contribution in [3.63, 3.8) is 0 Å². The van der Waals surface area contributed by atoms with E-state index in [0.29, 0.717) is 0 Å². The molecular formula is C14H18ClN3. The van der Waals surface area contributed by atoms with Crippen molar-refractivity contribution in [2.24, 2.45) is 5.73 Å². The summed E-state index contributed by atoms with van der Waals surface area (Å²) < 4.78 is 2.04. The Kier molecular flexibility index (Phi) is 3.73. The predicted octanol–water partition coefficient (Wildman–Crippen LogP) is 3.03. The van der Waals surface area contributed by atoms with Crippen molar-refractivity contribution in [2.75, 3.05) is 0 Å². The van der Waals surface area contributed by atoms with Gasteiger partial charge in [-0.2, -0.15) is 0 Å².